The van der Waals surface area contributed by atoms with Crippen LogP contribution >= 0.6 is 0 Å². The monoisotopic (exact) mass is 387 g/mol. The van der Waals surface area contributed by atoms with E-state index in [-0.39, 0.29) is 11.9 Å². The Hall–Kier alpha value is -3.27. The molecule has 0 N–H and O–H groups in total. The van der Waals surface area contributed by atoms with Crippen LogP contribution in [0.3, 0.4) is 0 Å². The predicted octanol–water partition coefficient (Wildman–Crippen LogP) is 5.13. The molecular formula is C25H25NO3. The van der Waals surface area contributed by atoms with Crippen molar-refractivity contribution in [2.24, 2.45) is 0 Å². The van der Waals surface area contributed by atoms with Crippen LogP contribution in [0.5, 0.6) is 11.5 Å². The van der Waals surface area contributed by atoms with Crippen molar-refractivity contribution in [2.45, 2.75) is 19.4 Å². The van der Waals surface area contributed by atoms with Gasteiger partial charge in [-0.15, -0.1) is 0 Å². The smallest absolute Gasteiger partial charge is 0.254 e. The van der Waals surface area contributed by atoms with E-state index in [1.54, 1.807) is 14.2 Å². The maximum Gasteiger partial charge on any atom is 0.254 e. The van der Waals surface area contributed by atoms with Crippen molar-refractivity contribution < 1.29 is 14.3 Å². The second-order valence-electron chi connectivity index (χ2n) is 7.24. The van der Waals surface area contributed by atoms with Crippen molar-refractivity contribution in [1.82, 2.24) is 4.90 Å². The Morgan fingerprint density at radius 1 is 0.931 bits per heavy atom. The quantitative estimate of drug-likeness (QED) is 0.623. The van der Waals surface area contributed by atoms with E-state index in [9.17, 15) is 4.79 Å². The molecule has 148 valence electrons. The van der Waals surface area contributed by atoms with Gasteiger partial charge in [0.1, 0.15) is 0 Å². The second-order valence-corrected chi connectivity index (χ2v) is 7.24. The first-order valence-corrected chi connectivity index (χ1v) is 9.84. The van der Waals surface area contributed by atoms with Crippen molar-refractivity contribution >= 4 is 5.91 Å². The van der Waals surface area contributed by atoms with Crippen LogP contribution in [-0.2, 0) is 6.42 Å². The van der Waals surface area contributed by atoms with Crippen LogP contribution in [0.4, 0.5) is 0 Å². The molecule has 0 radical (unpaired) electrons. The lowest BCUT2D eigenvalue weighted by Gasteiger charge is -2.36. The minimum atomic E-state index is -0.0464. The summed E-state index contributed by atoms with van der Waals surface area (Å²) in [5, 5.41) is 0. The molecule has 0 aliphatic carbocycles. The SMILES string of the molecule is COc1cc2c(cc1OC)[C@H](C)N(C(=O)c1ccccc1-c1ccccc1)CC2. The zero-order valence-corrected chi connectivity index (χ0v) is 17.0. The Bertz CT molecular complexity index is 1030. The molecule has 1 aliphatic heterocycles. The first-order chi connectivity index (χ1) is 14.1. The fourth-order valence-corrected chi connectivity index (χ4v) is 4.12. The predicted molar refractivity (Wildman–Crippen MR) is 115 cm³/mol. The number of carbonyl (C=O) groups is 1. The van der Waals surface area contributed by atoms with Crippen molar-refractivity contribution in [1.29, 1.82) is 0 Å². The summed E-state index contributed by atoms with van der Waals surface area (Å²) in [6.45, 7) is 2.75. The summed E-state index contributed by atoms with van der Waals surface area (Å²) in [5.41, 5.74) is 5.06. The van der Waals surface area contributed by atoms with E-state index in [1.807, 2.05) is 71.6 Å². The molecule has 4 rings (SSSR count). The lowest BCUT2D eigenvalue weighted by atomic mass is 9.91. The molecule has 0 saturated carbocycles. The van der Waals surface area contributed by atoms with Gasteiger partial charge in [-0.3, -0.25) is 4.79 Å². The fraction of sp³-hybridized carbons (Fsp3) is 0.240. The van der Waals surface area contributed by atoms with Gasteiger partial charge in [0.15, 0.2) is 11.5 Å². The van der Waals surface area contributed by atoms with Gasteiger partial charge < -0.3 is 14.4 Å². The highest BCUT2D eigenvalue weighted by Gasteiger charge is 2.30. The Morgan fingerprint density at radius 3 is 2.31 bits per heavy atom. The third-order valence-corrected chi connectivity index (χ3v) is 5.69. The average molecular weight is 387 g/mol. The summed E-state index contributed by atoms with van der Waals surface area (Å²) in [5.74, 6) is 1.47. The Labute approximate surface area is 171 Å². The van der Waals surface area contributed by atoms with Gasteiger partial charge in [-0.25, -0.2) is 0 Å². The van der Waals surface area contributed by atoms with Gasteiger partial charge in [0.2, 0.25) is 0 Å². The summed E-state index contributed by atoms with van der Waals surface area (Å²) < 4.78 is 10.9. The molecule has 0 spiro atoms. The number of ether oxygens (including phenoxy) is 2. The maximum absolute atomic E-state index is 13.6. The molecule has 0 saturated heterocycles. The average Bonchev–Trinajstić information content (AvgIpc) is 2.78. The first kappa shape index (κ1) is 19.1. The lowest BCUT2D eigenvalue weighted by Crippen LogP contribution is -2.39. The van der Waals surface area contributed by atoms with Crippen LogP contribution in [0.25, 0.3) is 11.1 Å². The number of methoxy groups -OCH3 is 2. The molecule has 0 unspecified atom stereocenters. The molecule has 0 aromatic heterocycles. The van der Waals surface area contributed by atoms with Crippen molar-refractivity contribution in [2.75, 3.05) is 20.8 Å². The van der Waals surface area contributed by atoms with Gasteiger partial charge in [-0.1, -0.05) is 48.5 Å². The third kappa shape index (κ3) is 3.46. The molecule has 29 heavy (non-hydrogen) atoms. The van der Waals surface area contributed by atoms with Gasteiger partial charge in [0.05, 0.1) is 20.3 Å². The molecule has 3 aromatic rings. The fourth-order valence-electron chi connectivity index (χ4n) is 4.12. The van der Waals surface area contributed by atoms with E-state index in [1.165, 1.54) is 5.56 Å². The number of hydrogen-bond acceptors (Lipinski definition) is 3. The summed E-state index contributed by atoms with van der Waals surface area (Å²) in [4.78, 5) is 15.5. The summed E-state index contributed by atoms with van der Waals surface area (Å²) in [6.07, 6.45) is 0.791. The van der Waals surface area contributed by atoms with Crippen LogP contribution < -0.4 is 9.47 Å². The zero-order valence-electron chi connectivity index (χ0n) is 17.0. The van der Waals surface area contributed by atoms with Crippen molar-refractivity contribution in [3.05, 3.63) is 83.4 Å². The van der Waals surface area contributed by atoms with E-state index in [4.69, 9.17) is 9.47 Å². The number of nitrogens with zero attached hydrogens (tertiary/aromatic N) is 1. The number of amides is 1. The summed E-state index contributed by atoms with van der Waals surface area (Å²) in [7, 11) is 3.28. The van der Waals surface area contributed by atoms with Crippen LogP contribution in [0.15, 0.2) is 66.7 Å². The van der Waals surface area contributed by atoms with Crippen LogP contribution in [0.1, 0.15) is 34.5 Å². The van der Waals surface area contributed by atoms with Crippen LogP contribution in [-0.4, -0.2) is 31.6 Å². The van der Waals surface area contributed by atoms with Crippen LogP contribution in [0, 0.1) is 0 Å². The summed E-state index contributed by atoms with van der Waals surface area (Å²) in [6, 6.07) is 21.9. The number of rotatable bonds is 4. The highest BCUT2D eigenvalue weighted by atomic mass is 16.5. The number of hydrogen-bond donors (Lipinski definition) is 0. The minimum Gasteiger partial charge on any atom is -0.493 e. The van der Waals surface area contributed by atoms with Gasteiger partial charge in [-0.05, 0) is 53.8 Å². The van der Waals surface area contributed by atoms with Crippen LogP contribution in [0.2, 0.25) is 0 Å². The van der Waals surface area contributed by atoms with Gasteiger partial charge >= 0.3 is 0 Å². The summed E-state index contributed by atoms with van der Waals surface area (Å²) >= 11 is 0. The standard InChI is InChI=1S/C25H25NO3/c1-17-22-16-24(29-3)23(28-2)15-19(22)13-14-26(17)25(27)21-12-8-7-11-20(21)18-9-5-4-6-10-18/h4-12,15-17H,13-14H2,1-3H3/t17-/m0/s1. The van der Waals surface area contributed by atoms with Gasteiger partial charge in [0.25, 0.3) is 5.91 Å². The zero-order chi connectivity index (χ0) is 20.4. The number of fused-ring (bicyclic) bond motifs is 1. The molecule has 0 bridgehead atoms. The first-order valence-electron chi connectivity index (χ1n) is 9.84. The minimum absolute atomic E-state index is 0.0464. The van der Waals surface area contributed by atoms with Crippen molar-refractivity contribution in [3.8, 4) is 22.6 Å². The molecular weight excluding hydrogens is 362 g/mol. The molecule has 0 fully saturated rings. The molecule has 1 amide bonds. The Kier molecular flexibility index (Phi) is 5.26. The van der Waals surface area contributed by atoms with E-state index in [0.717, 1.165) is 34.4 Å². The second kappa shape index (κ2) is 8.00. The normalized spacial score (nSPS) is 15.6. The molecule has 1 aliphatic rings. The van der Waals surface area contributed by atoms with E-state index in [2.05, 4.69) is 6.92 Å². The molecule has 3 aromatic carbocycles. The molecule has 4 heteroatoms. The van der Waals surface area contributed by atoms with E-state index in [0.29, 0.717) is 12.3 Å². The Balaban J connectivity index is 1.70. The number of benzene rings is 3. The highest BCUT2D eigenvalue weighted by molar-refractivity contribution is 6.01. The topological polar surface area (TPSA) is 38.8 Å². The van der Waals surface area contributed by atoms with Gasteiger partial charge in [-0.2, -0.15) is 0 Å². The third-order valence-electron chi connectivity index (χ3n) is 5.69. The maximum atomic E-state index is 13.6. The number of carbonyl (C=O) groups excluding carboxylic acids is 1. The molecule has 4 nitrogen and oxygen atoms in total. The largest absolute Gasteiger partial charge is 0.493 e. The molecule has 1 heterocycles. The van der Waals surface area contributed by atoms with Gasteiger partial charge in [0, 0.05) is 12.1 Å². The van der Waals surface area contributed by atoms with E-state index >= 15 is 0 Å². The van der Waals surface area contributed by atoms with E-state index < -0.39 is 0 Å². The van der Waals surface area contributed by atoms with Crippen molar-refractivity contribution in [3.63, 3.8) is 0 Å². The lowest BCUT2D eigenvalue weighted by molar-refractivity contribution is 0.0678. The Morgan fingerprint density at radius 2 is 1.59 bits per heavy atom. The highest BCUT2D eigenvalue weighted by Crippen LogP contribution is 2.39. The molecule has 1 atom stereocenters.